The summed E-state index contributed by atoms with van der Waals surface area (Å²) in [5.41, 5.74) is 2.37. The van der Waals surface area contributed by atoms with Crippen LogP contribution in [0.1, 0.15) is 83.2 Å². The van der Waals surface area contributed by atoms with Crippen LogP contribution >= 0.6 is 0 Å². The largest absolute Gasteiger partial charge is 0.486 e. The molecule has 0 aromatic heterocycles. The minimum absolute atomic E-state index is 0.0631. The summed E-state index contributed by atoms with van der Waals surface area (Å²) in [6.45, 7) is 1.05. The third-order valence-electron chi connectivity index (χ3n) is 7.04. The molecule has 2 aromatic carbocycles. The maximum Gasteiger partial charge on any atom is 0.166 e. The van der Waals surface area contributed by atoms with Crippen LogP contribution in [0.5, 0.6) is 5.75 Å². The Morgan fingerprint density at radius 3 is 2.41 bits per heavy atom. The summed E-state index contributed by atoms with van der Waals surface area (Å²) in [7, 11) is -2.89. The predicted molar refractivity (Wildman–Crippen MR) is 129 cm³/mol. The van der Waals surface area contributed by atoms with Crippen LogP contribution in [0.15, 0.2) is 42.5 Å². The van der Waals surface area contributed by atoms with E-state index in [0.717, 1.165) is 12.0 Å². The van der Waals surface area contributed by atoms with Crippen molar-refractivity contribution >= 4 is 21.4 Å². The lowest BCUT2D eigenvalue weighted by Crippen LogP contribution is -2.23. The van der Waals surface area contributed by atoms with Gasteiger partial charge in [0.15, 0.2) is 11.6 Å². The molecule has 34 heavy (non-hydrogen) atoms. The van der Waals surface area contributed by atoms with Gasteiger partial charge in [-0.1, -0.05) is 37.3 Å². The molecule has 2 atom stereocenters. The van der Waals surface area contributed by atoms with E-state index in [1.807, 2.05) is 30.3 Å². The fourth-order valence-electron chi connectivity index (χ4n) is 5.09. The minimum atomic E-state index is -2.89. The lowest BCUT2D eigenvalue weighted by Gasteiger charge is -2.21. The first kappa shape index (κ1) is 24.6. The van der Waals surface area contributed by atoms with Crippen LogP contribution in [-0.2, 0) is 9.84 Å². The average molecular weight is 487 g/mol. The number of ether oxygens (including phenoxy) is 1. The fraction of sp³-hybridized carbons (Fsp3) is 0.481. The predicted octanol–water partition coefficient (Wildman–Crippen LogP) is 5.32. The first-order chi connectivity index (χ1) is 16.3. The molecule has 0 bridgehead atoms. The summed E-state index contributed by atoms with van der Waals surface area (Å²) < 4.78 is 43.1. The van der Waals surface area contributed by atoms with E-state index in [-0.39, 0.29) is 35.4 Å². The number of fused-ring (bicyclic) bond motifs is 1. The number of hydrogen-bond donors (Lipinski definition) is 0. The van der Waals surface area contributed by atoms with Crippen LogP contribution in [0.2, 0.25) is 0 Å². The molecule has 2 heterocycles. The molecule has 4 rings (SSSR count). The Hall–Kier alpha value is -2.54. The maximum atomic E-state index is 13.9. The van der Waals surface area contributed by atoms with Crippen LogP contribution in [-0.4, -0.2) is 44.3 Å². The summed E-state index contributed by atoms with van der Waals surface area (Å²) >= 11 is 0. The first-order valence-electron chi connectivity index (χ1n) is 12.0. The lowest BCUT2D eigenvalue weighted by atomic mass is 9.85. The monoisotopic (exact) mass is 486 g/mol. The van der Waals surface area contributed by atoms with Gasteiger partial charge in [0, 0.05) is 24.0 Å². The van der Waals surface area contributed by atoms with Crippen molar-refractivity contribution < 1.29 is 27.1 Å². The molecular formula is C27H31FO5S. The summed E-state index contributed by atoms with van der Waals surface area (Å²) in [4.78, 5) is 25.8. The van der Waals surface area contributed by atoms with Gasteiger partial charge in [-0.2, -0.15) is 0 Å². The zero-order chi connectivity index (χ0) is 24.3. The molecule has 1 saturated heterocycles. The SMILES string of the molecule is CCC(=O)c1cc(C(=O)CCCC2CCS(=O)(=O)CC2)cc2c1O[C@H](CF)[C@H]2c1ccccc1. The van der Waals surface area contributed by atoms with E-state index in [2.05, 4.69) is 0 Å². The van der Waals surface area contributed by atoms with Crippen molar-refractivity contribution in [1.29, 1.82) is 0 Å². The molecule has 2 aliphatic heterocycles. The normalized spacial score (nSPS) is 21.6. The maximum absolute atomic E-state index is 13.9. The van der Waals surface area contributed by atoms with Crippen LogP contribution < -0.4 is 4.74 Å². The van der Waals surface area contributed by atoms with Crippen molar-refractivity contribution in [2.24, 2.45) is 5.92 Å². The number of alkyl halides is 1. The van der Waals surface area contributed by atoms with E-state index in [1.165, 1.54) is 0 Å². The third kappa shape index (κ3) is 5.24. The van der Waals surface area contributed by atoms with E-state index in [1.54, 1.807) is 19.1 Å². The second-order valence-corrected chi connectivity index (χ2v) is 11.6. The third-order valence-corrected chi connectivity index (χ3v) is 8.75. The van der Waals surface area contributed by atoms with E-state index in [4.69, 9.17) is 4.74 Å². The van der Waals surface area contributed by atoms with Gasteiger partial charge < -0.3 is 4.74 Å². The number of carbonyl (C=O) groups excluding carboxylic acids is 2. The number of Topliss-reactive ketones (excluding diaryl/α,β-unsaturated/α-hetero) is 2. The van der Waals surface area contributed by atoms with Gasteiger partial charge in [-0.05, 0) is 49.3 Å². The molecule has 1 fully saturated rings. The van der Waals surface area contributed by atoms with Crippen molar-refractivity contribution in [3.63, 3.8) is 0 Å². The lowest BCUT2D eigenvalue weighted by molar-refractivity contribution is 0.0977. The van der Waals surface area contributed by atoms with Gasteiger partial charge in [0.25, 0.3) is 0 Å². The number of sulfone groups is 1. The van der Waals surface area contributed by atoms with Gasteiger partial charge in [0.2, 0.25) is 0 Å². The van der Waals surface area contributed by atoms with Crippen LogP contribution in [0.4, 0.5) is 4.39 Å². The summed E-state index contributed by atoms with van der Waals surface area (Å²) in [6.07, 6.45) is 2.64. The van der Waals surface area contributed by atoms with Crippen LogP contribution in [0.3, 0.4) is 0 Å². The summed E-state index contributed by atoms with van der Waals surface area (Å²) in [5, 5.41) is 0. The van der Waals surface area contributed by atoms with Crippen molar-refractivity contribution in [2.75, 3.05) is 18.2 Å². The molecule has 5 nitrogen and oxygen atoms in total. The van der Waals surface area contributed by atoms with Gasteiger partial charge in [0.05, 0.1) is 23.0 Å². The molecule has 0 saturated carbocycles. The molecule has 0 radical (unpaired) electrons. The Morgan fingerprint density at radius 2 is 1.76 bits per heavy atom. The Morgan fingerprint density at radius 1 is 1.06 bits per heavy atom. The number of ketones is 2. The zero-order valence-corrected chi connectivity index (χ0v) is 20.3. The zero-order valence-electron chi connectivity index (χ0n) is 19.5. The standard InChI is InChI=1S/C27H31FO5S/c1-2-23(29)21-15-20(24(30)10-6-7-18-11-13-34(31,32)14-12-18)16-22-26(19-8-4-3-5-9-19)25(17-28)33-27(21)22/h3-5,8-9,15-16,18,25-26H,2,6-7,10-14,17H2,1H3/t25-,26+/m1/s1. The summed E-state index contributed by atoms with van der Waals surface area (Å²) in [6, 6.07) is 12.8. The van der Waals surface area contributed by atoms with E-state index >= 15 is 0 Å². The molecule has 2 aliphatic rings. The van der Waals surface area contributed by atoms with Crippen LogP contribution in [0.25, 0.3) is 0 Å². The fourth-order valence-corrected chi connectivity index (χ4v) is 6.68. The van der Waals surface area contributed by atoms with Crippen molar-refractivity contribution in [3.05, 3.63) is 64.7 Å². The highest BCUT2D eigenvalue weighted by atomic mass is 32.2. The topological polar surface area (TPSA) is 77.5 Å². The molecule has 0 aliphatic carbocycles. The van der Waals surface area contributed by atoms with Gasteiger partial charge in [0.1, 0.15) is 28.4 Å². The second kappa shape index (κ2) is 10.4. The Kier molecular flexibility index (Phi) is 7.51. The summed E-state index contributed by atoms with van der Waals surface area (Å²) in [5.74, 6) is 0.595. The van der Waals surface area contributed by atoms with E-state index in [0.29, 0.717) is 54.0 Å². The number of benzene rings is 2. The number of halogens is 1. The Balaban J connectivity index is 1.56. The smallest absolute Gasteiger partial charge is 0.166 e. The Bertz CT molecular complexity index is 1150. The molecular weight excluding hydrogens is 455 g/mol. The molecule has 0 unspecified atom stereocenters. The number of hydrogen-bond acceptors (Lipinski definition) is 5. The molecule has 0 N–H and O–H groups in total. The molecule has 0 spiro atoms. The minimum Gasteiger partial charge on any atom is -0.486 e. The quantitative estimate of drug-likeness (QED) is 0.449. The highest BCUT2D eigenvalue weighted by Gasteiger charge is 2.38. The van der Waals surface area contributed by atoms with Gasteiger partial charge in [-0.25, -0.2) is 12.8 Å². The van der Waals surface area contributed by atoms with Gasteiger partial charge in [-0.15, -0.1) is 0 Å². The molecule has 7 heteroatoms. The molecule has 0 amide bonds. The number of rotatable bonds is 9. The highest BCUT2D eigenvalue weighted by molar-refractivity contribution is 7.91. The molecule has 182 valence electrons. The number of carbonyl (C=O) groups is 2. The van der Waals surface area contributed by atoms with E-state index in [9.17, 15) is 22.4 Å². The van der Waals surface area contributed by atoms with Crippen molar-refractivity contribution in [3.8, 4) is 5.75 Å². The first-order valence-corrected chi connectivity index (χ1v) is 13.9. The van der Waals surface area contributed by atoms with Gasteiger partial charge >= 0.3 is 0 Å². The van der Waals surface area contributed by atoms with Gasteiger partial charge in [-0.3, -0.25) is 9.59 Å². The van der Waals surface area contributed by atoms with Crippen molar-refractivity contribution in [2.45, 2.75) is 57.5 Å². The van der Waals surface area contributed by atoms with Crippen molar-refractivity contribution in [1.82, 2.24) is 0 Å². The van der Waals surface area contributed by atoms with Crippen LogP contribution in [0, 0.1) is 5.92 Å². The second-order valence-electron chi connectivity index (χ2n) is 9.33. The Labute approximate surface area is 200 Å². The highest BCUT2D eigenvalue weighted by Crippen LogP contribution is 2.45. The molecule has 2 aromatic rings. The average Bonchev–Trinajstić information content (AvgIpc) is 3.23. The van der Waals surface area contributed by atoms with E-state index < -0.39 is 22.6 Å².